The molecule has 3 rings (SSSR count). The number of unbranched alkanes of at least 4 members (excludes halogenated alkanes) is 3. The smallest absolute Gasteiger partial charge is 0.197 e. The lowest BCUT2D eigenvalue weighted by molar-refractivity contribution is 0.286. The first-order valence-corrected chi connectivity index (χ1v) is 13.9. The van der Waals surface area contributed by atoms with E-state index >= 15 is 0 Å². The summed E-state index contributed by atoms with van der Waals surface area (Å²) in [7, 11) is 0. The number of thioether (sulfide) groups is 2. The molecule has 7 heteroatoms. The van der Waals surface area contributed by atoms with E-state index in [1.165, 1.54) is 49.1 Å². The van der Waals surface area contributed by atoms with Crippen LogP contribution in [0, 0.1) is 11.6 Å². The Morgan fingerprint density at radius 2 is 1.35 bits per heavy atom. The molecule has 0 aliphatic rings. The molecule has 0 heterocycles. The van der Waals surface area contributed by atoms with Crippen LogP contribution in [0.25, 0.3) is 0 Å². The van der Waals surface area contributed by atoms with Crippen molar-refractivity contribution in [3.05, 3.63) is 90.5 Å². The molecule has 0 spiro atoms. The molecule has 0 aromatic heterocycles. The number of hydrogen-bond donors (Lipinski definition) is 0. The summed E-state index contributed by atoms with van der Waals surface area (Å²) < 4.78 is 37.7. The summed E-state index contributed by atoms with van der Waals surface area (Å²) in [6, 6.07) is 23.0. The normalized spacial score (nSPS) is 11.7. The Bertz CT molecular complexity index is 951. The summed E-state index contributed by atoms with van der Waals surface area (Å²) in [4.78, 5) is 2.96. The van der Waals surface area contributed by atoms with Gasteiger partial charge in [0.1, 0.15) is 11.6 Å². The van der Waals surface area contributed by atoms with Gasteiger partial charge in [-0.15, -0.1) is 23.5 Å². The third-order valence-electron chi connectivity index (χ3n) is 4.77. The standard InChI is InChI=1S/C27H29F2NOS3/c1-2-3-4-8-19-31-26(30-34-25-9-6-5-7-10-25)20-27(32-23-15-11-21(28)12-16-23)33-24-17-13-22(29)14-18-24/h5-7,9-18,27H,2-4,8,19-20H2,1H3. The van der Waals surface area contributed by atoms with Gasteiger partial charge >= 0.3 is 0 Å². The van der Waals surface area contributed by atoms with Gasteiger partial charge in [-0.1, -0.05) is 44.4 Å². The van der Waals surface area contributed by atoms with E-state index in [0.29, 0.717) is 18.9 Å². The summed E-state index contributed by atoms with van der Waals surface area (Å²) in [6.45, 7) is 2.82. The van der Waals surface area contributed by atoms with Gasteiger partial charge in [0.05, 0.1) is 11.2 Å². The average molecular weight is 518 g/mol. The molecule has 0 unspecified atom stereocenters. The van der Waals surface area contributed by atoms with Crippen LogP contribution in [0.3, 0.4) is 0 Å². The second-order valence-electron chi connectivity index (χ2n) is 7.58. The fraction of sp³-hybridized carbons (Fsp3) is 0.296. The van der Waals surface area contributed by atoms with Crippen molar-refractivity contribution in [2.45, 2.75) is 58.3 Å². The molecule has 0 radical (unpaired) electrons. The molecular formula is C27H29F2NOS3. The van der Waals surface area contributed by atoms with Crippen molar-refractivity contribution in [2.75, 3.05) is 6.61 Å². The zero-order valence-corrected chi connectivity index (χ0v) is 21.6. The molecule has 2 nitrogen and oxygen atoms in total. The molecule has 0 fully saturated rings. The van der Waals surface area contributed by atoms with E-state index < -0.39 is 0 Å². The summed E-state index contributed by atoms with van der Waals surface area (Å²) in [5.74, 6) is 0.160. The van der Waals surface area contributed by atoms with Crippen LogP contribution < -0.4 is 0 Å². The molecule has 34 heavy (non-hydrogen) atoms. The van der Waals surface area contributed by atoms with Crippen molar-refractivity contribution >= 4 is 41.4 Å². The molecule has 0 atom stereocenters. The monoisotopic (exact) mass is 517 g/mol. The van der Waals surface area contributed by atoms with Crippen LogP contribution >= 0.6 is 35.5 Å². The van der Waals surface area contributed by atoms with Gasteiger partial charge in [0.2, 0.25) is 0 Å². The van der Waals surface area contributed by atoms with E-state index in [0.717, 1.165) is 27.5 Å². The second-order valence-corrected chi connectivity index (χ2v) is 11.3. The van der Waals surface area contributed by atoms with Crippen molar-refractivity contribution in [2.24, 2.45) is 4.40 Å². The molecule has 3 aromatic carbocycles. The van der Waals surface area contributed by atoms with Gasteiger partial charge in [0.15, 0.2) is 5.90 Å². The van der Waals surface area contributed by atoms with E-state index in [-0.39, 0.29) is 16.2 Å². The summed E-state index contributed by atoms with van der Waals surface area (Å²) >= 11 is 4.65. The lowest BCUT2D eigenvalue weighted by Gasteiger charge is -2.18. The third kappa shape index (κ3) is 10.1. The van der Waals surface area contributed by atoms with Gasteiger partial charge in [0, 0.05) is 33.1 Å². The zero-order valence-electron chi connectivity index (χ0n) is 19.2. The number of halogens is 2. The van der Waals surface area contributed by atoms with Crippen LogP contribution in [0.5, 0.6) is 0 Å². The van der Waals surface area contributed by atoms with Crippen LogP contribution in [0.15, 0.2) is 97.9 Å². The minimum atomic E-state index is -0.260. The molecule has 180 valence electrons. The van der Waals surface area contributed by atoms with Gasteiger partial charge < -0.3 is 4.74 Å². The van der Waals surface area contributed by atoms with Gasteiger partial charge in [-0.2, -0.15) is 4.40 Å². The number of nitrogens with zero attached hydrogens (tertiary/aromatic N) is 1. The predicted octanol–water partition coefficient (Wildman–Crippen LogP) is 9.27. The Labute approximate surface area is 214 Å². The summed E-state index contributed by atoms with van der Waals surface area (Å²) in [6.07, 6.45) is 5.07. The number of rotatable bonds is 13. The molecule has 0 aliphatic heterocycles. The van der Waals surface area contributed by atoms with Crippen LogP contribution in [0.1, 0.15) is 39.0 Å². The lowest BCUT2D eigenvalue weighted by atomic mass is 10.2. The highest BCUT2D eigenvalue weighted by Gasteiger charge is 2.18. The summed E-state index contributed by atoms with van der Waals surface area (Å²) in [5.41, 5.74) is 0. The van der Waals surface area contributed by atoms with Gasteiger partial charge in [-0.05, 0) is 67.1 Å². The Morgan fingerprint density at radius 1 is 0.765 bits per heavy atom. The maximum Gasteiger partial charge on any atom is 0.197 e. The highest BCUT2D eigenvalue weighted by atomic mass is 32.2. The molecule has 0 saturated carbocycles. The Morgan fingerprint density at radius 3 is 1.91 bits per heavy atom. The van der Waals surface area contributed by atoms with Gasteiger partial charge in [-0.3, -0.25) is 0 Å². The Balaban J connectivity index is 1.75. The molecule has 0 bridgehead atoms. The largest absolute Gasteiger partial charge is 0.480 e. The van der Waals surface area contributed by atoms with Crippen LogP contribution in [0.4, 0.5) is 8.78 Å². The fourth-order valence-electron chi connectivity index (χ4n) is 3.01. The Hall–Kier alpha value is -1.96. The van der Waals surface area contributed by atoms with E-state index in [2.05, 4.69) is 6.92 Å². The maximum absolute atomic E-state index is 13.4. The van der Waals surface area contributed by atoms with E-state index in [1.54, 1.807) is 47.8 Å². The molecule has 0 amide bonds. The van der Waals surface area contributed by atoms with Gasteiger partial charge in [-0.25, -0.2) is 8.78 Å². The maximum atomic E-state index is 13.4. The van der Waals surface area contributed by atoms with Crippen LogP contribution in [-0.4, -0.2) is 17.1 Å². The highest BCUT2D eigenvalue weighted by molar-refractivity contribution is 8.17. The average Bonchev–Trinajstić information content (AvgIpc) is 2.85. The van der Waals surface area contributed by atoms with E-state index in [1.807, 2.05) is 30.3 Å². The first-order valence-electron chi connectivity index (χ1n) is 11.4. The first-order chi connectivity index (χ1) is 16.6. The summed E-state index contributed by atoms with van der Waals surface area (Å²) in [5, 5.41) is 0. The molecule has 3 aromatic rings. The van der Waals surface area contributed by atoms with Crippen molar-refractivity contribution in [3.8, 4) is 0 Å². The second kappa shape index (κ2) is 15.1. The topological polar surface area (TPSA) is 21.6 Å². The Kier molecular flexibility index (Phi) is 11.8. The number of ether oxygens (including phenoxy) is 1. The van der Waals surface area contributed by atoms with E-state index in [4.69, 9.17) is 9.13 Å². The number of benzene rings is 3. The molecular weight excluding hydrogens is 489 g/mol. The number of hydrogen-bond acceptors (Lipinski definition) is 5. The SMILES string of the molecule is CCCCCCOC(CC(Sc1ccc(F)cc1)Sc1ccc(F)cc1)=NSc1ccccc1. The minimum Gasteiger partial charge on any atom is -0.480 e. The third-order valence-corrected chi connectivity index (χ3v) is 8.07. The predicted molar refractivity (Wildman–Crippen MR) is 143 cm³/mol. The van der Waals surface area contributed by atoms with Crippen molar-refractivity contribution < 1.29 is 13.5 Å². The van der Waals surface area contributed by atoms with E-state index in [9.17, 15) is 8.78 Å². The zero-order chi connectivity index (χ0) is 24.0. The molecule has 0 saturated heterocycles. The molecule has 0 N–H and O–H groups in total. The van der Waals surface area contributed by atoms with Crippen molar-refractivity contribution in [1.82, 2.24) is 0 Å². The minimum absolute atomic E-state index is 0.0155. The van der Waals surface area contributed by atoms with Crippen LogP contribution in [0.2, 0.25) is 0 Å². The highest BCUT2D eigenvalue weighted by Crippen LogP contribution is 2.38. The van der Waals surface area contributed by atoms with Crippen LogP contribution in [-0.2, 0) is 4.74 Å². The van der Waals surface area contributed by atoms with Crippen molar-refractivity contribution in [1.29, 1.82) is 0 Å². The van der Waals surface area contributed by atoms with Crippen molar-refractivity contribution in [3.63, 3.8) is 0 Å². The quantitative estimate of drug-likeness (QED) is 0.0562. The fourth-order valence-corrected chi connectivity index (χ4v) is 6.12. The first kappa shape index (κ1) is 26.6. The van der Waals surface area contributed by atoms with Gasteiger partial charge in [0.25, 0.3) is 0 Å². The molecule has 0 aliphatic carbocycles. The lowest BCUT2D eigenvalue weighted by Crippen LogP contribution is -2.12.